The van der Waals surface area contributed by atoms with E-state index >= 15 is 0 Å². The number of hydrogen-bond donors (Lipinski definition) is 5. The van der Waals surface area contributed by atoms with Gasteiger partial charge in [0.05, 0.1) is 12.2 Å². The van der Waals surface area contributed by atoms with Crippen LogP contribution < -0.4 is 5.32 Å². The number of aliphatic hydroxyl groups excluding tert-OH is 4. The standard InChI is InChI=1S/C7H17NO4/c1-4(9)6(11)7(12)5(10)3-8-2/h4-12H,3H2,1-2H3. The molecule has 0 saturated heterocycles. The Hall–Kier alpha value is -0.200. The SMILES string of the molecule is CNCC(O)C(O)C(O)C(C)O. The summed E-state index contributed by atoms with van der Waals surface area (Å²) in [6.45, 7) is 1.52. The molecule has 0 aromatic carbocycles. The molecule has 12 heavy (non-hydrogen) atoms. The van der Waals surface area contributed by atoms with Crippen LogP contribution in [0.3, 0.4) is 0 Å². The minimum atomic E-state index is -1.32. The van der Waals surface area contributed by atoms with E-state index in [9.17, 15) is 5.11 Å². The molecule has 0 spiro atoms. The molecule has 0 aliphatic carbocycles. The molecule has 4 atom stereocenters. The largest absolute Gasteiger partial charge is 0.391 e. The predicted molar refractivity (Wildman–Crippen MR) is 43.6 cm³/mol. The molecule has 0 aromatic heterocycles. The fraction of sp³-hybridized carbons (Fsp3) is 1.00. The summed E-state index contributed by atoms with van der Waals surface area (Å²) in [6.07, 6.45) is -4.75. The number of rotatable bonds is 5. The first-order valence-corrected chi connectivity index (χ1v) is 3.87. The van der Waals surface area contributed by atoms with E-state index in [2.05, 4.69) is 5.32 Å². The Morgan fingerprint density at radius 3 is 1.92 bits per heavy atom. The second-order valence-corrected chi connectivity index (χ2v) is 2.85. The summed E-state index contributed by atoms with van der Waals surface area (Å²) in [6, 6.07) is 0. The van der Waals surface area contributed by atoms with Gasteiger partial charge in [0.1, 0.15) is 12.2 Å². The second kappa shape index (κ2) is 5.45. The monoisotopic (exact) mass is 179 g/mol. The fourth-order valence-corrected chi connectivity index (χ4v) is 0.843. The second-order valence-electron chi connectivity index (χ2n) is 2.85. The summed E-state index contributed by atoms with van der Waals surface area (Å²) in [4.78, 5) is 0. The fourth-order valence-electron chi connectivity index (χ4n) is 0.843. The van der Waals surface area contributed by atoms with Crippen LogP contribution in [0, 0.1) is 0 Å². The van der Waals surface area contributed by atoms with E-state index in [0.29, 0.717) is 0 Å². The van der Waals surface area contributed by atoms with Crippen LogP contribution in [-0.4, -0.2) is 58.4 Å². The van der Waals surface area contributed by atoms with E-state index in [-0.39, 0.29) is 6.54 Å². The predicted octanol–water partition coefficient (Wildman–Crippen LogP) is -2.33. The number of nitrogens with one attached hydrogen (secondary N) is 1. The van der Waals surface area contributed by atoms with Crippen molar-refractivity contribution in [3.8, 4) is 0 Å². The normalized spacial score (nSPS) is 21.5. The van der Waals surface area contributed by atoms with Crippen LogP contribution in [0.2, 0.25) is 0 Å². The zero-order valence-corrected chi connectivity index (χ0v) is 7.31. The van der Waals surface area contributed by atoms with Gasteiger partial charge in [-0.2, -0.15) is 0 Å². The van der Waals surface area contributed by atoms with Crippen LogP contribution in [0.15, 0.2) is 0 Å². The average Bonchev–Trinajstić information content (AvgIpc) is 2.02. The molecule has 0 saturated carbocycles. The van der Waals surface area contributed by atoms with Crippen LogP contribution in [0.1, 0.15) is 6.92 Å². The molecule has 74 valence electrons. The lowest BCUT2D eigenvalue weighted by atomic mass is 10.0. The van der Waals surface area contributed by atoms with Gasteiger partial charge in [-0.3, -0.25) is 0 Å². The van der Waals surface area contributed by atoms with Crippen molar-refractivity contribution in [2.45, 2.75) is 31.3 Å². The summed E-state index contributed by atoms with van der Waals surface area (Å²) < 4.78 is 0. The third-order valence-corrected chi connectivity index (χ3v) is 1.65. The minimum Gasteiger partial charge on any atom is -0.391 e. The first-order valence-electron chi connectivity index (χ1n) is 3.87. The van der Waals surface area contributed by atoms with E-state index in [1.54, 1.807) is 7.05 Å². The molecule has 0 heterocycles. The Kier molecular flexibility index (Phi) is 5.36. The summed E-state index contributed by atoms with van der Waals surface area (Å²) >= 11 is 0. The first-order chi connectivity index (χ1) is 5.50. The molecule has 0 radical (unpaired) electrons. The van der Waals surface area contributed by atoms with E-state index in [1.807, 2.05) is 0 Å². The molecular formula is C7H17NO4. The summed E-state index contributed by atoms with van der Waals surface area (Å²) in [5.74, 6) is 0. The molecule has 0 aliphatic rings. The molecule has 0 fully saturated rings. The minimum absolute atomic E-state index is 0.172. The third kappa shape index (κ3) is 3.46. The highest BCUT2D eigenvalue weighted by Crippen LogP contribution is 2.03. The summed E-state index contributed by atoms with van der Waals surface area (Å²) in [5, 5.41) is 39.0. The van der Waals surface area contributed by atoms with Gasteiger partial charge in [0, 0.05) is 6.54 Å². The van der Waals surface area contributed by atoms with E-state index in [0.717, 1.165) is 0 Å². The van der Waals surface area contributed by atoms with Crippen molar-refractivity contribution in [1.82, 2.24) is 5.32 Å². The summed E-state index contributed by atoms with van der Waals surface area (Å²) in [7, 11) is 1.62. The van der Waals surface area contributed by atoms with Gasteiger partial charge < -0.3 is 25.7 Å². The highest BCUT2D eigenvalue weighted by Gasteiger charge is 2.27. The molecule has 0 amide bonds. The quantitative estimate of drug-likeness (QED) is 0.326. The lowest BCUT2D eigenvalue weighted by Crippen LogP contribution is -2.46. The van der Waals surface area contributed by atoms with Gasteiger partial charge >= 0.3 is 0 Å². The van der Waals surface area contributed by atoms with Gasteiger partial charge in [0.2, 0.25) is 0 Å². The molecular weight excluding hydrogens is 162 g/mol. The third-order valence-electron chi connectivity index (χ3n) is 1.65. The molecule has 4 unspecified atom stereocenters. The molecule has 0 bridgehead atoms. The highest BCUT2D eigenvalue weighted by molar-refractivity contribution is 4.79. The zero-order chi connectivity index (χ0) is 9.72. The van der Waals surface area contributed by atoms with Gasteiger partial charge in [0.25, 0.3) is 0 Å². The maximum absolute atomic E-state index is 9.19. The Morgan fingerprint density at radius 2 is 1.58 bits per heavy atom. The molecule has 0 aromatic rings. The Labute approximate surface area is 71.7 Å². The highest BCUT2D eigenvalue weighted by atomic mass is 16.4. The molecule has 0 rings (SSSR count). The lowest BCUT2D eigenvalue weighted by Gasteiger charge is -2.24. The molecule has 5 heteroatoms. The van der Waals surface area contributed by atoms with Gasteiger partial charge in [-0.1, -0.05) is 0 Å². The lowest BCUT2D eigenvalue weighted by molar-refractivity contribution is -0.0983. The van der Waals surface area contributed by atoms with Crippen molar-refractivity contribution in [2.75, 3.05) is 13.6 Å². The van der Waals surface area contributed by atoms with Crippen LogP contribution in [0.4, 0.5) is 0 Å². The summed E-state index contributed by atoms with van der Waals surface area (Å²) in [5.41, 5.74) is 0. The molecule has 5 N–H and O–H groups in total. The Morgan fingerprint density at radius 1 is 1.08 bits per heavy atom. The van der Waals surface area contributed by atoms with E-state index < -0.39 is 24.4 Å². The average molecular weight is 179 g/mol. The van der Waals surface area contributed by atoms with Gasteiger partial charge in [-0.15, -0.1) is 0 Å². The van der Waals surface area contributed by atoms with Crippen molar-refractivity contribution in [2.24, 2.45) is 0 Å². The van der Waals surface area contributed by atoms with Gasteiger partial charge in [-0.25, -0.2) is 0 Å². The Balaban J connectivity index is 3.90. The van der Waals surface area contributed by atoms with Gasteiger partial charge in [-0.05, 0) is 14.0 Å². The maximum atomic E-state index is 9.19. The number of likely N-dealkylation sites (N-methyl/N-ethyl adjacent to an activating group) is 1. The van der Waals surface area contributed by atoms with Crippen LogP contribution >= 0.6 is 0 Å². The van der Waals surface area contributed by atoms with E-state index in [4.69, 9.17) is 15.3 Å². The van der Waals surface area contributed by atoms with Gasteiger partial charge in [0.15, 0.2) is 0 Å². The Bertz CT molecular complexity index is 120. The van der Waals surface area contributed by atoms with Crippen molar-refractivity contribution in [1.29, 1.82) is 0 Å². The topological polar surface area (TPSA) is 93.0 Å². The van der Waals surface area contributed by atoms with Crippen molar-refractivity contribution >= 4 is 0 Å². The van der Waals surface area contributed by atoms with Crippen LogP contribution in [-0.2, 0) is 0 Å². The number of aliphatic hydroxyl groups is 4. The van der Waals surface area contributed by atoms with E-state index in [1.165, 1.54) is 6.92 Å². The van der Waals surface area contributed by atoms with Crippen LogP contribution in [0.25, 0.3) is 0 Å². The van der Waals surface area contributed by atoms with Crippen molar-refractivity contribution in [3.63, 3.8) is 0 Å². The molecule has 5 nitrogen and oxygen atoms in total. The van der Waals surface area contributed by atoms with Crippen molar-refractivity contribution in [3.05, 3.63) is 0 Å². The maximum Gasteiger partial charge on any atom is 0.109 e. The number of hydrogen-bond acceptors (Lipinski definition) is 5. The molecule has 0 aliphatic heterocycles. The smallest absolute Gasteiger partial charge is 0.109 e. The van der Waals surface area contributed by atoms with Crippen molar-refractivity contribution < 1.29 is 20.4 Å². The van der Waals surface area contributed by atoms with Crippen LogP contribution in [0.5, 0.6) is 0 Å². The first kappa shape index (κ1) is 11.8. The zero-order valence-electron chi connectivity index (χ0n) is 7.31.